The monoisotopic (exact) mass is 301 g/mol. The molecule has 118 valence electrons. The molecule has 0 spiro atoms. The van der Waals surface area contributed by atoms with Crippen molar-refractivity contribution in [3.8, 4) is 11.4 Å². The van der Waals surface area contributed by atoms with E-state index in [-0.39, 0.29) is 5.91 Å². The highest BCUT2D eigenvalue weighted by molar-refractivity contribution is 5.94. The quantitative estimate of drug-likeness (QED) is 0.756. The van der Waals surface area contributed by atoms with E-state index in [1.54, 1.807) is 12.1 Å². The highest BCUT2D eigenvalue weighted by atomic mass is 16.5. The summed E-state index contributed by atoms with van der Waals surface area (Å²) in [7, 11) is 0. The number of benzene rings is 1. The third kappa shape index (κ3) is 4.41. The van der Waals surface area contributed by atoms with Crippen LogP contribution >= 0.6 is 0 Å². The van der Waals surface area contributed by atoms with E-state index in [2.05, 4.69) is 29.3 Å². The molecule has 0 radical (unpaired) electrons. The first-order chi connectivity index (χ1) is 10.7. The zero-order chi connectivity index (χ0) is 15.8. The van der Waals surface area contributed by atoms with E-state index in [0.29, 0.717) is 23.8 Å². The zero-order valence-corrected chi connectivity index (χ0v) is 13.3. The minimum Gasteiger partial charge on any atom is -0.352 e. The largest absolute Gasteiger partial charge is 0.352 e. The van der Waals surface area contributed by atoms with Crippen LogP contribution in [0.3, 0.4) is 0 Å². The average Bonchev–Trinajstić information content (AvgIpc) is 3.02. The van der Waals surface area contributed by atoms with Gasteiger partial charge in [0.25, 0.3) is 5.91 Å². The fourth-order valence-electron chi connectivity index (χ4n) is 2.05. The summed E-state index contributed by atoms with van der Waals surface area (Å²) in [6, 6.07) is 7.28. The minimum atomic E-state index is -0.0447. The molecule has 0 bridgehead atoms. The Hall–Kier alpha value is -2.17. The summed E-state index contributed by atoms with van der Waals surface area (Å²) in [5.74, 6) is 1.19. The van der Waals surface area contributed by atoms with Gasteiger partial charge < -0.3 is 9.84 Å². The number of carbonyl (C=O) groups is 1. The van der Waals surface area contributed by atoms with Gasteiger partial charge in [0.15, 0.2) is 0 Å². The lowest BCUT2D eigenvalue weighted by Gasteiger charge is -2.04. The lowest BCUT2D eigenvalue weighted by molar-refractivity contribution is 0.0953. The molecule has 0 atom stereocenters. The Labute approximate surface area is 131 Å². The molecule has 0 aliphatic carbocycles. The number of nitrogens with zero attached hydrogens (tertiary/aromatic N) is 2. The number of hydrogen-bond donors (Lipinski definition) is 1. The predicted octanol–water partition coefficient (Wildman–Crippen LogP) is 3.61. The number of amides is 1. The van der Waals surface area contributed by atoms with Crippen LogP contribution in [0, 0.1) is 0 Å². The molecule has 0 saturated heterocycles. The summed E-state index contributed by atoms with van der Waals surface area (Å²) < 4.78 is 5.22. The number of nitrogens with one attached hydrogen (secondary N) is 1. The second-order valence-electron chi connectivity index (χ2n) is 5.30. The Balaban J connectivity index is 1.99. The lowest BCUT2D eigenvalue weighted by atomic mass is 10.1. The third-order valence-electron chi connectivity index (χ3n) is 3.43. The van der Waals surface area contributed by atoms with Crippen LogP contribution in [0.1, 0.15) is 55.8 Å². The van der Waals surface area contributed by atoms with Crippen molar-refractivity contribution in [2.75, 3.05) is 6.54 Å². The maximum Gasteiger partial charge on any atom is 0.251 e. The van der Waals surface area contributed by atoms with E-state index in [9.17, 15) is 4.79 Å². The molecule has 5 heteroatoms. The molecule has 0 saturated carbocycles. The molecule has 1 amide bonds. The van der Waals surface area contributed by atoms with Gasteiger partial charge >= 0.3 is 0 Å². The number of hydrogen-bond acceptors (Lipinski definition) is 4. The topological polar surface area (TPSA) is 68.0 Å². The molecule has 0 aliphatic heterocycles. The summed E-state index contributed by atoms with van der Waals surface area (Å²) in [6.45, 7) is 4.94. The van der Waals surface area contributed by atoms with Crippen LogP contribution in [0.25, 0.3) is 11.4 Å². The van der Waals surface area contributed by atoms with Crippen LogP contribution in [0.15, 0.2) is 28.8 Å². The van der Waals surface area contributed by atoms with E-state index in [0.717, 1.165) is 37.7 Å². The highest BCUT2D eigenvalue weighted by Gasteiger charge is 2.10. The van der Waals surface area contributed by atoms with Crippen molar-refractivity contribution < 1.29 is 9.32 Å². The highest BCUT2D eigenvalue weighted by Crippen LogP contribution is 2.17. The van der Waals surface area contributed by atoms with Crippen LogP contribution in [-0.4, -0.2) is 22.6 Å². The first-order valence-electron chi connectivity index (χ1n) is 7.95. The molecule has 1 aromatic heterocycles. The van der Waals surface area contributed by atoms with E-state index in [1.165, 1.54) is 0 Å². The number of aromatic nitrogens is 2. The Bertz CT molecular complexity index is 590. The SMILES string of the molecule is CCCCNC(=O)c1ccc(-c2noc(CCCC)n2)cc1. The second kappa shape index (κ2) is 8.32. The summed E-state index contributed by atoms with van der Waals surface area (Å²) >= 11 is 0. The van der Waals surface area contributed by atoms with Crippen molar-refractivity contribution in [1.29, 1.82) is 0 Å². The predicted molar refractivity (Wildman–Crippen MR) is 85.6 cm³/mol. The maximum atomic E-state index is 11.9. The summed E-state index contributed by atoms with van der Waals surface area (Å²) in [5.41, 5.74) is 1.51. The summed E-state index contributed by atoms with van der Waals surface area (Å²) in [6.07, 6.45) is 5.00. The van der Waals surface area contributed by atoms with Gasteiger partial charge in [-0.05, 0) is 25.0 Å². The fraction of sp³-hybridized carbons (Fsp3) is 0.471. The van der Waals surface area contributed by atoms with Gasteiger partial charge in [-0.25, -0.2) is 0 Å². The number of carbonyl (C=O) groups excluding carboxylic acids is 1. The Morgan fingerprint density at radius 2 is 1.86 bits per heavy atom. The average molecular weight is 301 g/mol. The molecule has 0 fully saturated rings. The first-order valence-corrected chi connectivity index (χ1v) is 7.95. The smallest absolute Gasteiger partial charge is 0.251 e. The van der Waals surface area contributed by atoms with Gasteiger partial charge in [-0.15, -0.1) is 0 Å². The molecule has 1 aromatic carbocycles. The molecule has 0 unspecified atom stereocenters. The van der Waals surface area contributed by atoms with Crippen molar-refractivity contribution in [3.05, 3.63) is 35.7 Å². The van der Waals surface area contributed by atoms with Crippen molar-refractivity contribution in [1.82, 2.24) is 15.5 Å². The molecule has 22 heavy (non-hydrogen) atoms. The van der Waals surface area contributed by atoms with E-state index < -0.39 is 0 Å². The zero-order valence-electron chi connectivity index (χ0n) is 13.3. The van der Waals surface area contributed by atoms with Crippen LogP contribution in [-0.2, 0) is 6.42 Å². The number of rotatable bonds is 8. The van der Waals surface area contributed by atoms with Crippen LogP contribution < -0.4 is 5.32 Å². The van der Waals surface area contributed by atoms with Crippen LogP contribution in [0.4, 0.5) is 0 Å². The molecule has 0 aliphatic rings. The fourth-order valence-corrected chi connectivity index (χ4v) is 2.05. The van der Waals surface area contributed by atoms with Crippen molar-refractivity contribution in [2.24, 2.45) is 0 Å². The van der Waals surface area contributed by atoms with Gasteiger partial charge in [-0.3, -0.25) is 4.79 Å². The molecule has 5 nitrogen and oxygen atoms in total. The van der Waals surface area contributed by atoms with Gasteiger partial charge in [0.05, 0.1) is 0 Å². The molecular formula is C17H23N3O2. The minimum absolute atomic E-state index is 0.0447. The second-order valence-corrected chi connectivity index (χ2v) is 5.30. The Kier molecular flexibility index (Phi) is 6.13. The summed E-state index contributed by atoms with van der Waals surface area (Å²) in [4.78, 5) is 16.3. The van der Waals surface area contributed by atoms with E-state index >= 15 is 0 Å². The lowest BCUT2D eigenvalue weighted by Crippen LogP contribution is -2.24. The van der Waals surface area contributed by atoms with Gasteiger partial charge in [-0.2, -0.15) is 4.98 Å². The van der Waals surface area contributed by atoms with Gasteiger partial charge in [0.1, 0.15) is 0 Å². The molecule has 1 N–H and O–H groups in total. The standard InChI is InChI=1S/C17H23N3O2/c1-3-5-7-15-19-16(20-22-15)13-8-10-14(11-9-13)17(21)18-12-6-4-2/h8-11H,3-7,12H2,1-2H3,(H,18,21). The number of unbranched alkanes of at least 4 members (excludes halogenated alkanes) is 2. The molecule has 2 aromatic rings. The molecule has 1 heterocycles. The van der Waals surface area contributed by atoms with Crippen molar-refractivity contribution in [3.63, 3.8) is 0 Å². The number of aryl methyl sites for hydroxylation is 1. The Morgan fingerprint density at radius 3 is 2.55 bits per heavy atom. The van der Waals surface area contributed by atoms with Gasteiger partial charge in [-0.1, -0.05) is 44.0 Å². The summed E-state index contributed by atoms with van der Waals surface area (Å²) in [5, 5.41) is 6.89. The molecular weight excluding hydrogens is 278 g/mol. The molecule has 2 rings (SSSR count). The third-order valence-corrected chi connectivity index (χ3v) is 3.43. The van der Waals surface area contributed by atoms with Gasteiger partial charge in [0, 0.05) is 24.1 Å². The van der Waals surface area contributed by atoms with Crippen molar-refractivity contribution >= 4 is 5.91 Å². The Morgan fingerprint density at radius 1 is 1.14 bits per heavy atom. The normalized spacial score (nSPS) is 10.6. The maximum absolute atomic E-state index is 11.9. The van der Waals surface area contributed by atoms with Gasteiger partial charge in [0.2, 0.25) is 11.7 Å². The first kappa shape index (κ1) is 16.2. The van der Waals surface area contributed by atoms with E-state index in [1.807, 2.05) is 12.1 Å². The van der Waals surface area contributed by atoms with Crippen LogP contribution in [0.2, 0.25) is 0 Å². The van der Waals surface area contributed by atoms with E-state index in [4.69, 9.17) is 4.52 Å². The van der Waals surface area contributed by atoms with Crippen molar-refractivity contribution in [2.45, 2.75) is 46.0 Å². The van der Waals surface area contributed by atoms with Crippen LogP contribution in [0.5, 0.6) is 0 Å².